The maximum Gasteiger partial charge on any atom is 0.241 e. The monoisotopic (exact) mass is 316 g/mol. The quantitative estimate of drug-likeness (QED) is 0.733. The molecule has 6 heteroatoms. The average Bonchev–Trinajstić information content (AvgIpc) is 2.44. The van der Waals surface area contributed by atoms with Gasteiger partial charge in [-0.2, -0.15) is 11.8 Å². The summed E-state index contributed by atoms with van der Waals surface area (Å²) >= 11 is 1.65. The number of hydrogen-bond donors (Lipinski definition) is 2. The van der Waals surface area contributed by atoms with Gasteiger partial charge in [-0.15, -0.1) is 0 Å². The normalized spacial score (nSPS) is 13.3. The Balaban J connectivity index is 2.96. The Morgan fingerprint density at radius 2 is 1.95 bits per heavy atom. The van der Waals surface area contributed by atoms with E-state index in [1.165, 1.54) is 0 Å². The summed E-state index contributed by atoms with van der Waals surface area (Å²) < 4.78 is 27.8. The number of sulfonamides is 1. The van der Waals surface area contributed by atoms with Crippen LogP contribution in [-0.4, -0.2) is 33.0 Å². The lowest BCUT2D eigenvalue weighted by molar-refractivity contribution is 0.556. The van der Waals surface area contributed by atoms with Gasteiger partial charge in [0, 0.05) is 18.3 Å². The number of thioether (sulfide) groups is 1. The van der Waals surface area contributed by atoms with Gasteiger partial charge in [-0.05, 0) is 30.9 Å². The van der Waals surface area contributed by atoms with Crippen molar-refractivity contribution in [2.75, 3.05) is 18.6 Å². The Morgan fingerprint density at radius 3 is 2.55 bits per heavy atom. The molecule has 0 saturated carbocycles. The van der Waals surface area contributed by atoms with Crippen LogP contribution >= 0.6 is 11.8 Å². The number of benzene rings is 1. The molecule has 0 aromatic heterocycles. The highest BCUT2D eigenvalue weighted by atomic mass is 32.2. The lowest BCUT2D eigenvalue weighted by Crippen LogP contribution is -2.36. The Morgan fingerprint density at radius 1 is 1.25 bits per heavy atom. The van der Waals surface area contributed by atoms with Crippen molar-refractivity contribution in [2.24, 2.45) is 0 Å². The molecule has 1 rings (SSSR count). The Bertz CT molecular complexity index is 504. The van der Waals surface area contributed by atoms with Gasteiger partial charge in [0.1, 0.15) is 0 Å². The molecule has 4 nitrogen and oxygen atoms in total. The summed E-state index contributed by atoms with van der Waals surface area (Å²) in [6.45, 7) is 5.37. The Kier molecular flexibility index (Phi) is 7.58. The molecule has 1 atom stereocenters. The van der Waals surface area contributed by atoms with E-state index in [0.717, 1.165) is 24.3 Å². The van der Waals surface area contributed by atoms with E-state index in [0.29, 0.717) is 11.4 Å². The predicted octanol–water partition coefficient (Wildman–Crippen LogP) is 2.22. The van der Waals surface area contributed by atoms with Gasteiger partial charge in [-0.1, -0.05) is 32.0 Å². The molecule has 0 aliphatic rings. The van der Waals surface area contributed by atoms with Crippen LogP contribution in [0.1, 0.15) is 25.8 Å². The largest absolute Gasteiger partial charge is 0.313 e. The van der Waals surface area contributed by atoms with Crippen molar-refractivity contribution in [1.82, 2.24) is 10.0 Å². The van der Waals surface area contributed by atoms with E-state index in [2.05, 4.69) is 10.0 Å². The van der Waals surface area contributed by atoms with Gasteiger partial charge in [0.15, 0.2) is 0 Å². The molecule has 0 amide bonds. The molecule has 0 saturated heterocycles. The first-order valence-corrected chi connectivity index (χ1v) is 9.72. The Hall–Kier alpha value is -0.560. The van der Waals surface area contributed by atoms with Gasteiger partial charge in [-0.3, -0.25) is 0 Å². The van der Waals surface area contributed by atoms with Crippen LogP contribution < -0.4 is 10.0 Å². The van der Waals surface area contributed by atoms with Gasteiger partial charge >= 0.3 is 0 Å². The van der Waals surface area contributed by atoms with Crippen LogP contribution in [0.15, 0.2) is 29.2 Å². The third-order valence-corrected chi connectivity index (χ3v) is 5.37. The van der Waals surface area contributed by atoms with Crippen molar-refractivity contribution in [3.05, 3.63) is 29.8 Å². The van der Waals surface area contributed by atoms with E-state index in [4.69, 9.17) is 0 Å². The lowest BCUT2D eigenvalue weighted by Gasteiger charge is -2.17. The minimum Gasteiger partial charge on any atom is -0.313 e. The van der Waals surface area contributed by atoms with E-state index in [9.17, 15) is 8.42 Å². The minimum absolute atomic E-state index is 0.0257. The molecule has 2 N–H and O–H groups in total. The second-order valence-electron chi connectivity index (χ2n) is 4.57. The molecular formula is C14H24N2O2S2. The first-order valence-electron chi connectivity index (χ1n) is 6.85. The highest BCUT2D eigenvalue weighted by Crippen LogP contribution is 2.16. The van der Waals surface area contributed by atoms with Gasteiger partial charge in [0.2, 0.25) is 10.0 Å². The zero-order chi connectivity index (χ0) is 15.0. The summed E-state index contributed by atoms with van der Waals surface area (Å²) in [5.74, 6) is 0.783. The summed E-state index contributed by atoms with van der Waals surface area (Å²) in [6, 6.07) is 7.13. The van der Waals surface area contributed by atoms with E-state index < -0.39 is 10.0 Å². The maximum absolute atomic E-state index is 12.5. The zero-order valence-corrected chi connectivity index (χ0v) is 14.0. The predicted molar refractivity (Wildman–Crippen MR) is 86.6 cm³/mol. The van der Waals surface area contributed by atoms with Crippen LogP contribution in [0.5, 0.6) is 0 Å². The van der Waals surface area contributed by atoms with Crippen LogP contribution in [-0.2, 0) is 16.6 Å². The third kappa shape index (κ3) is 5.09. The van der Waals surface area contributed by atoms with Crippen LogP contribution in [0, 0.1) is 0 Å². The molecule has 0 spiro atoms. The van der Waals surface area contributed by atoms with Crippen LogP contribution in [0.4, 0.5) is 0 Å². The van der Waals surface area contributed by atoms with Gasteiger partial charge in [0.25, 0.3) is 0 Å². The third-order valence-electron chi connectivity index (χ3n) is 3.01. The molecule has 0 radical (unpaired) electrons. The summed E-state index contributed by atoms with van der Waals surface area (Å²) in [5, 5.41) is 3.17. The fourth-order valence-corrected chi connectivity index (χ4v) is 4.28. The summed E-state index contributed by atoms with van der Waals surface area (Å²) in [7, 11) is -3.46. The summed E-state index contributed by atoms with van der Waals surface area (Å²) in [5.41, 5.74) is 0.806. The highest BCUT2D eigenvalue weighted by Gasteiger charge is 2.21. The first kappa shape index (κ1) is 17.5. The van der Waals surface area contributed by atoms with Gasteiger partial charge in [-0.25, -0.2) is 13.1 Å². The fraction of sp³-hybridized carbons (Fsp3) is 0.571. The molecule has 1 aromatic rings. The summed E-state index contributed by atoms with van der Waals surface area (Å²) in [6.07, 6.45) is 2.77. The van der Waals surface area contributed by atoms with E-state index in [-0.39, 0.29) is 6.04 Å². The molecule has 1 unspecified atom stereocenters. The second kappa shape index (κ2) is 8.67. The van der Waals surface area contributed by atoms with Gasteiger partial charge in [0.05, 0.1) is 4.90 Å². The van der Waals surface area contributed by atoms with E-state index in [1.807, 2.05) is 32.2 Å². The minimum atomic E-state index is -3.46. The van der Waals surface area contributed by atoms with Crippen LogP contribution in [0.3, 0.4) is 0 Å². The maximum atomic E-state index is 12.5. The number of nitrogens with one attached hydrogen (secondary N) is 2. The topological polar surface area (TPSA) is 58.2 Å². The smallest absolute Gasteiger partial charge is 0.241 e. The molecule has 0 aliphatic heterocycles. The molecule has 0 fully saturated rings. The van der Waals surface area contributed by atoms with Crippen molar-refractivity contribution >= 4 is 21.8 Å². The zero-order valence-electron chi connectivity index (χ0n) is 12.3. The van der Waals surface area contributed by atoms with Gasteiger partial charge < -0.3 is 5.32 Å². The standard InChI is InChI=1S/C14H24N2O2S2/c1-4-13(11-19-3)16-20(17,18)14-9-7-6-8-12(14)10-15-5-2/h6-9,13,15-16H,4-5,10-11H2,1-3H3. The highest BCUT2D eigenvalue weighted by molar-refractivity contribution is 7.98. The second-order valence-corrected chi connectivity index (χ2v) is 7.16. The molecule has 0 aliphatic carbocycles. The van der Waals surface area contributed by atoms with Crippen molar-refractivity contribution in [3.63, 3.8) is 0 Å². The molecule has 0 heterocycles. The Labute approximate surface area is 126 Å². The van der Waals surface area contributed by atoms with Crippen LogP contribution in [0.2, 0.25) is 0 Å². The summed E-state index contributed by atoms with van der Waals surface area (Å²) in [4.78, 5) is 0.375. The molecule has 114 valence electrons. The molecule has 20 heavy (non-hydrogen) atoms. The molecule has 1 aromatic carbocycles. The van der Waals surface area contributed by atoms with Crippen LogP contribution in [0.25, 0.3) is 0 Å². The molecule has 0 bridgehead atoms. The van der Waals surface area contributed by atoms with E-state index >= 15 is 0 Å². The molecular weight excluding hydrogens is 292 g/mol. The van der Waals surface area contributed by atoms with Crippen molar-refractivity contribution in [2.45, 2.75) is 37.8 Å². The van der Waals surface area contributed by atoms with Crippen molar-refractivity contribution in [1.29, 1.82) is 0 Å². The first-order chi connectivity index (χ1) is 9.55. The average molecular weight is 316 g/mol. The fourth-order valence-electron chi connectivity index (χ4n) is 1.89. The lowest BCUT2D eigenvalue weighted by atomic mass is 10.2. The SMILES string of the molecule is CCNCc1ccccc1S(=O)(=O)NC(CC)CSC. The number of hydrogen-bond acceptors (Lipinski definition) is 4. The van der Waals surface area contributed by atoms with Crippen molar-refractivity contribution < 1.29 is 8.42 Å². The van der Waals surface area contributed by atoms with E-state index in [1.54, 1.807) is 23.9 Å². The number of rotatable bonds is 9. The van der Waals surface area contributed by atoms with Crippen molar-refractivity contribution in [3.8, 4) is 0 Å².